The molecule has 1 aromatic carbocycles. The molecule has 238 valence electrons. The molecule has 2 saturated heterocycles. The number of anilines is 1. The standard InChI is InChI=1S/C24H29ClN8O9S2/c1-11-16(22(35)33(11)44(38,39)40)30-21(34)18(17-19(25)43-24(27)31-17)32-42-15(23(36)37)10-41-14-4-2-12(3-5-14)20(26)29-13-6-8-28-9-7-13/h2-5,11,13,15-16,28H,6-10H2,1H3,(H2,26,29)(H2,27,31)(H,30,34)(H,36,37)(H,38,39,40)/t11-,15?,16-/m0/s1. The second kappa shape index (κ2) is 13.7. The Morgan fingerprint density at radius 1 is 1.30 bits per heavy atom. The zero-order valence-electron chi connectivity index (χ0n) is 23.0. The summed E-state index contributed by atoms with van der Waals surface area (Å²) in [4.78, 5) is 50.8. The van der Waals surface area contributed by atoms with Crippen molar-refractivity contribution in [1.29, 1.82) is 0 Å². The highest BCUT2D eigenvalue weighted by Gasteiger charge is 2.51. The van der Waals surface area contributed by atoms with E-state index in [0.29, 0.717) is 11.4 Å². The molecule has 0 radical (unpaired) electrons. The van der Waals surface area contributed by atoms with Gasteiger partial charge in [0.1, 0.15) is 34.3 Å². The number of thiazole rings is 1. The summed E-state index contributed by atoms with van der Waals surface area (Å²) in [5.74, 6) is -3.04. The number of piperidine rings is 1. The third-order valence-electron chi connectivity index (χ3n) is 6.64. The van der Waals surface area contributed by atoms with Crippen molar-refractivity contribution in [2.24, 2.45) is 15.9 Å². The van der Waals surface area contributed by atoms with Crippen LogP contribution in [0.15, 0.2) is 34.4 Å². The van der Waals surface area contributed by atoms with Gasteiger partial charge in [-0.25, -0.2) is 14.1 Å². The smallest absolute Gasteiger partial charge is 0.362 e. The lowest BCUT2D eigenvalue weighted by Crippen LogP contribution is -2.71. The third-order valence-corrected chi connectivity index (χ3v) is 8.73. The van der Waals surface area contributed by atoms with Crippen LogP contribution in [0.4, 0.5) is 5.13 Å². The highest BCUT2D eigenvalue weighted by atomic mass is 35.5. The molecule has 1 unspecified atom stereocenters. The minimum Gasteiger partial charge on any atom is -0.489 e. The number of aliphatic carboxylic acids is 1. The van der Waals surface area contributed by atoms with E-state index < -0.39 is 58.6 Å². The first kappa shape index (κ1) is 32.9. The minimum atomic E-state index is -4.85. The Kier molecular flexibility index (Phi) is 10.3. The number of carbonyl (C=O) groups excluding carboxylic acids is 2. The van der Waals surface area contributed by atoms with E-state index in [9.17, 15) is 32.5 Å². The number of hydrogen-bond acceptors (Lipinski definition) is 13. The molecule has 4 rings (SSSR count). The first-order valence-corrected chi connectivity index (χ1v) is 15.6. The molecule has 0 bridgehead atoms. The second-order valence-electron chi connectivity index (χ2n) is 9.68. The van der Waals surface area contributed by atoms with Crippen LogP contribution >= 0.6 is 22.9 Å². The van der Waals surface area contributed by atoms with Crippen LogP contribution in [0.1, 0.15) is 31.0 Å². The third kappa shape index (κ3) is 7.72. The predicted octanol–water partition coefficient (Wildman–Crippen LogP) is -0.393. The summed E-state index contributed by atoms with van der Waals surface area (Å²) in [6.07, 6.45) is 0.0475. The van der Waals surface area contributed by atoms with Gasteiger partial charge in [-0.3, -0.25) is 19.1 Å². The van der Waals surface area contributed by atoms with Gasteiger partial charge in [-0.05, 0) is 57.1 Å². The van der Waals surface area contributed by atoms with Gasteiger partial charge in [-0.1, -0.05) is 28.1 Å². The average Bonchev–Trinajstić information content (AvgIpc) is 3.30. The summed E-state index contributed by atoms with van der Waals surface area (Å²) in [6.45, 7) is 2.47. The summed E-state index contributed by atoms with van der Waals surface area (Å²) < 4.78 is 37.6. The lowest BCUT2D eigenvalue weighted by Gasteiger charge is -2.42. The molecule has 20 heteroatoms. The Bertz CT molecular complexity index is 1580. The zero-order valence-corrected chi connectivity index (χ0v) is 25.4. The van der Waals surface area contributed by atoms with Crippen LogP contribution in [0.2, 0.25) is 4.34 Å². The summed E-state index contributed by atoms with van der Waals surface area (Å²) in [6, 6.07) is 4.12. The molecule has 2 amide bonds. The number of nitrogen functional groups attached to an aromatic ring is 1. The number of nitrogens with two attached hydrogens (primary N) is 2. The summed E-state index contributed by atoms with van der Waals surface area (Å²) >= 11 is 6.91. The number of rotatable bonds is 12. The summed E-state index contributed by atoms with van der Waals surface area (Å²) in [7, 11) is -4.85. The van der Waals surface area contributed by atoms with Crippen LogP contribution < -0.4 is 26.8 Å². The van der Waals surface area contributed by atoms with E-state index in [1.165, 1.54) is 6.92 Å². The van der Waals surface area contributed by atoms with Crippen molar-refractivity contribution < 1.29 is 42.0 Å². The molecule has 44 heavy (non-hydrogen) atoms. The number of carbonyl (C=O) groups is 3. The van der Waals surface area contributed by atoms with Gasteiger partial charge >= 0.3 is 16.3 Å². The number of β-lactam (4-membered cyclic amide) rings is 1. The van der Waals surface area contributed by atoms with E-state index in [2.05, 4.69) is 25.8 Å². The van der Waals surface area contributed by atoms with Gasteiger partial charge in [0.05, 0.1) is 12.1 Å². The largest absolute Gasteiger partial charge is 0.489 e. The van der Waals surface area contributed by atoms with E-state index in [4.69, 9.17) is 32.6 Å². The van der Waals surface area contributed by atoms with Gasteiger partial charge in [0.15, 0.2) is 10.8 Å². The topological polar surface area (TPSA) is 261 Å². The van der Waals surface area contributed by atoms with Crippen LogP contribution in [-0.4, -0.2) is 101 Å². The van der Waals surface area contributed by atoms with Crippen molar-refractivity contribution in [3.05, 3.63) is 39.9 Å². The predicted molar refractivity (Wildman–Crippen MR) is 159 cm³/mol. The van der Waals surface area contributed by atoms with Crippen molar-refractivity contribution in [2.75, 3.05) is 25.4 Å². The van der Waals surface area contributed by atoms with E-state index >= 15 is 0 Å². The molecule has 2 aliphatic heterocycles. The number of aliphatic imine (C=N–C) groups is 1. The number of carboxylic acids is 1. The van der Waals surface area contributed by atoms with Crippen molar-refractivity contribution in [2.45, 2.75) is 44.0 Å². The van der Waals surface area contributed by atoms with E-state index in [1.807, 2.05) is 0 Å². The molecular formula is C24H29ClN8O9S2. The van der Waals surface area contributed by atoms with E-state index in [0.717, 1.165) is 37.3 Å². The van der Waals surface area contributed by atoms with Gasteiger partial charge in [-0.15, -0.1) is 0 Å². The number of oxime groups is 1. The molecule has 1 aromatic heterocycles. The van der Waals surface area contributed by atoms with Crippen molar-refractivity contribution in [3.8, 4) is 5.75 Å². The highest BCUT2D eigenvalue weighted by Crippen LogP contribution is 2.28. The number of amidine groups is 1. The molecule has 0 saturated carbocycles. The Morgan fingerprint density at radius 3 is 2.50 bits per heavy atom. The van der Waals surface area contributed by atoms with Gasteiger partial charge in [0.25, 0.3) is 17.9 Å². The highest BCUT2D eigenvalue weighted by molar-refractivity contribution is 7.84. The van der Waals surface area contributed by atoms with Gasteiger partial charge < -0.3 is 36.8 Å². The average molecular weight is 673 g/mol. The number of carboxylic acid groups (broad SMARTS) is 1. The molecule has 17 nitrogen and oxygen atoms in total. The molecule has 3 heterocycles. The first-order valence-electron chi connectivity index (χ1n) is 13.0. The van der Waals surface area contributed by atoms with Crippen molar-refractivity contribution in [3.63, 3.8) is 0 Å². The maximum absolute atomic E-state index is 13.1. The van der Waals surface area contributed by atoms with Crippen LogP contribution in [-0.2, 0) is 29.5 Å². The molecule has 0 spiro atoms. The van der Waals surface area contributed by atoms with Crippen LogP contribution in [0.5, 0.6) is 5.75 Å². The monoisotopic (exact) mass is 672 g/mol. The lowest BCUT2D eigenvalue weighted by atomic mass is 10.0. The Morgan fingerprint density at radius 2 is 1.95 bits per heavy atom. The number of aromatic nitrogens is 1. The summed E-state index contributed by atoms with van der Waals surface area (Å²) in [5, 5.41) is 18.8. The maximum Gasteiger partial charge on any atom is 0.362 e. The molecular weight excluding hydrogens is 644 g/mol. The Hall–Kier alpha value is -4.04. The Labute approximate surface area is 260 Å². The molecule has 0 aliphatic carbocycles. The number of hydrogen-bond donors (Lipinski definition) is 6. The number of nitrogens with one attached hydrogen (secondary N) is 2. The number of halogens is 1. The minimum absolute atomic E-state index is 0.0564. The van der Waals surface area contributed by atoms with E-state index in [-0.39, 0.29) is 31.3 Å². The number of amides is 2. The first-order chi connectivity index (χ1) is 20.8. The number of benzene rings is 1. The second-order valence-corrected chi connectivity index (χ2v) is 12.6. The van der Waals surface area contributed by atoms with Crippen LogP contribution in [0.3, 0.4) is 0 Å². The zero-order chi connectivity index (χ0) is 32.2. The Balaban J connectivity index is 1.45. The van der Waals surface area contributed by atoms with Gasteiger partial charge in [0.2, 0.25) is 0 Å². The van der Waals surface area contributed by atoms with Crippen molar-refractivity contribution in [1.82, 2.24) is 19.9 Å². The quantitative estimate of drug-likeness (QED) is 0.0552. The fraction of sp³-hybridized carbons (Fsp3) is 0.417. The molecule has 2 aliphatic rings. The number of nitrogens with zero attached hydrogens (tertiary/aromatic N) is 4. The maximum atomic E-state index is 13.1. The van der Waals surface area contributed by atoms with Crippen LogP contribution in [0, 0.1) is 0 Å². The van der Waals surface area contributed by atoms with Gasteiger partial charge in [-0.2, -0.15) is 8.42 Å². The van der Waals surface area contributed by atoms with E-state index in [1.54, 1.807) is 24.3 Å². The normalized spacial score (nSPS) is 20.5. The SMILES string of the molecule is C[C@H]1[C@H](NC(=O)C(=NOC(COc2ccc(C(N)=NC3CCNCC3)cc2)C(=O)O)c2nc(N)sc2Cl)C(=O)N1S(=O)(=O)O. The molecule has 8 N–H and O–H groups in total. The van der Waals surface area contributed by atoms with Crippen LogP contribution in [0.25, 0.3) is 0 Å². The van der Waals surface area contributed by atoms with Crippen molar-refractivity contribution >= 4 is 67.7 Å². The molecule has 2 fully saturated rings. The fourth-order valence-electron chi connectivity index (χ4n) is 4.33. The molecule has 3 atom stereocenters. The number of ether oxygens (including phenoxy) is 1. The van der Waals surface area contributed by atoms with Gasteiger partial charge in [0, 0.05) is 5.56 Å². The lowest BCUT2D eigenvalue weighted by molar-refractivity contribution is -0.152. The fourth-order valence-corrected chi connectivity index (χ4v) is 6.14. The summed E-state index contributed by atoms with van der Waals surface area (Å²) in [5.41, 5.74) is 11.5. The molecule has 2 aromatic rings.